The lowest BCUT2D eigenvalue weighted by Crippen LogP contribution is -2.33. The maximum atomic E-state index is 13.0. The number of anilines is 1. The number of carbonyl (C=O) groups is 2. The van der Waals surface area contributed by atoms with Gasteiger partial charge in [-0.25, -0.2) is 0 Å². The van der Waals surface area contributed by atoms with E-state index in [0.29, 0.717) is 18.8 Å². The number of benzene rings is 2. The summed E-state index contributed by atoms with van der Waals surface area (Å²) in [5, 5.41) is 0. The minimum atomic E-state index is 0.235. The average Bonchev–Trinajstić information content (AvgIpc) is 3.22. The molecule has 0 bridgehead atoms. The Balaban J connectivity index is 1.15. The second-order valence-corrected chi connectivity index (χ2v) is 9.55. The lowest BCUT2D eigenvalue weighted by atomic mass is 9.89. The number of nitrogens with zero attached hydrogens (tertiary/aromatic N) is 2. The van der Waals surface area contributed by atoms with Crippen molar-refractivity contribution in [2.45, 2.75) is 58.4 Å². The van der Waals surface area contributed by atoms with E-state index >= 15 is 0 Å². The number of rotatable bonds is 6. The molecular weight excluding hydrogens is 384 g/mol. The van der Waals surface area contributed by atoms with Gasteiger partial charge in [0, 0.05) is 31.5 Å². The second-order valence-electron chi connectivity index (χ2n) is 9.55. The van der Waals surface area contributed by atoms with Gasteiger partial charge in [-0.05, 0) is 92.4 Å². The molecule has 162 valence electrons. The molecule has 1 saturated heterocycles. The van der Waals surface area contributed by atoms with Crippen LogP contribution in [0.15, 0.2) is 36.4 Å². The number of ketones is 1. The number of carbonyl (C=O) groups excluding carboxylic acids is 2. The molecule has 0 atom stereocenters. The molecule has 3 heterocycles. The maximum absolute atomic E-state index is 13.0. The molecule has 0 unspecified atom stereocenters. The summed E-state index contributed by atoms with van der Waals surface area (Å²) in [5.41, 5.74) is 7.16. The number of Topliss-reactive ketones (excluding diaryl/α,β-unsaturated/α-hetero) is 1. The van der Waals surface area contributed by atoms with Crippen LogP contribution in [-0.2, 0) is 24.2 Å². The molecule has 0 saturated carbocycles. The van der Waals surface area contributed by atoms with Crippen LogP contribution in [0, 0.1) is 12.8 Å². The van der Waals surface area contributed by atoms with Gasteiger partial charge in [0.25, 0.3) is 0 Å². The largest absolute Gasteiger partial charge is 0.312 e. The third kappa shape index (κ3) is 4.18. The van der Waals surface area contributed by atoms with Gasteiger partial charge in [-0.1, -0.05) is 24.3 Å². The summed E-state index contributed by atoms with van der Waals surface area (Å²) in [6.07, 6.45) is 6.24. The summed E-state index contributed by atoms with van der Waals surface area (Å²) in [6, 6.07) is 12.8. The highest BCUT2D eigenvalue weighted by atomic mass is 16.2. The molecule has 3 aliphatic heterocycles. The van der Waals surface area contributed by atoms with Crippen LogP contribution in [-0.4, -0.2) is 36.2 Å². The first kappa shape index (κ1) is 20.4. The number of piperidine rings is 1. The molecule has 4 heteroatoms. The van der Waals surface area contributed by atoms with E-state index in [2.05, 4.69) is 48.2 Å². The highest BCUT2D eigenvalue weighted by molar-refractivity contribution is 6.02. The molecule has 5 rings (SSSR count). The number of aryl methyl sites for hydroxylation is 2. The summed E-state index contributed by atoms with van der Waals surface area (Å²) in [4.78, 5) is 29.6. The summed E-state index contributed by atoms with van der Waals surface area (Å²) < 4.78 is 0. The monoisotopic (exact) mass is 416 g/mol. The van der Waals surface area contributed by atoms with E-state index < -0.39 is 0 Å². The van der Waals surface area contributed by atoms with Crippen molar-refractivity contribution in [3.63, 3.8) is 0 Å². The van der Waals surface area contributed by atoms with Gasteiger partial charge in [-0.2, -0.15) is 0 Å². The number of hydrogen-bond acceptors (Lipinski definition) is 3. The van der Waals surface area contributed by atoms with Gasteiger partial charge in [0.15, 0.2) is 5.78 Å². The number of hydrogen-bond donors (Lipinski definition) is 0. The van der Waals surface area contributed by atoms with Crippen molar-refractivity contribution in [3.05, 3.63) is 64.2 Å². The normalized spacial score (nSPS) is 19.0. The molecule has 0 spiro atoms. The zero-order valence-electron chi connectivity index (χ0n) is 18.5. The summed E-state index contributed by atoms with van der Waals surface area (Å²) in [7, 11) is 0. The van der Waals surface area contributed by atoms with Crippen LogP contribution in [0.25, 0.3) is 0 Å². The minimum absolute atomic E-state index is 0.235. The predicted molar refractivity (Wildman–Crippen MR) is 124 cm³/mol. The fourth-order valence-corrected chi connectivity index (χ4v) is 5.56. The van der Waals surface area contributed by atoms with Gasteiger partial charge in [0.05, 0.1) is 5.69 Å². The van der Waals surface area contributed by atoms with Crippen molar-refractivity contribution < 1.29 is 9.59 Å². The maximum Gasteiger partial charge on any atom is 0.227 e. The van der Waals surface area contributed by atoms with Crippen LogP contribution in [0.5, 0.6) is 0 Å². The second kappa shape index (κ2) is 8.58. The Kier molecular flexibility index (Phi) is 5.66. The van der Waals surface area contributed by atoms with E-state index in [-0.39, 0.29) is 11.7 Å². The molecule has 4 nitrogen and oxygen atoms in total. The Labute approximate surface area is 185 Å². The third-order valence-corrected chi connectivity index (χ3v) is 7.52. The Hall–Kier alpha value is -2.46. The molecule has 1 fully saturated rings. The molecule has 2 aromatic rings. The average molecular weight is 417 g/mol. The molecule has 31 heavy (non-hydrogen) atoms. The first-order valence-corrected chi connectivity index (χ1v) is 11.8. The molecule has 0 radical (unpaired) electrons. The quantitative estimate of drug-likeness (QED) is 0.641. The predicted octanol–water partition coefficient (Wildman–Crippen LogP) is 4.71. The molecule has 0 N–H and O–H groups in total. The Bertz CT molecular complexity index is 1000. The summed E-state index contributed by atoms with van der Waals surface area (Å²) >= 11 is 0. The van der Waals surface area contributed by atoms with Crippen LogP contribution in [0.2, 0.25) is 0 Å². The van der Waals surface area contributed by atoms with E-state index in [1.54, 1.807) is 0 Å². The van der Waals surface area contributed by atoms with Crippen molar-refractivity contribution in [2.24, 2.45) is 5.92 Å². The molecule has 3 aliphatic rings. The van der Waals surface area contributed by atoms with Crippen molar-refractivity contribution in [3.8, 4) is 0 Å². The van der Waals surface area contributed by atoms with Gasteiger partial charge in [0.2, 0.25) is 5.91 Å². The van der Waals surface area contributed by atoms with Crippen LogP contribution in [0.3, 0.4) is 0 Å². The standard InChI is InChI=1S/C27H32N2O2/c1-19-4-2-3-5-23(19)18-28-13-10-20(11-14-28)6-8-25(30)24-16-21-7-9-26(31)29-15-12-22(17-24)27(21)29/h2-5,16-17,20H,6-15,18H2,1H3. The zero-order chi connectivity index (χ0) is 21.4. The van der Waals surface area contributed by atoms with Crippen LogP contribution >= 0.6 is 0 Å². The first-order valence-electron chi connectivity index (χ1n) is 11.8. The lowest BCUT2D eigenvalue weighted by molar-refractivity contribution is -0.118. The third-order valence-electron chi connectivity index (χ3n) is 7.52. The number of likely N-dealkylation sites (tertiary alicyclic amines) is 1. The van der Waals surface area contributed by atoms with Crippen molar-refractivity contribution in [2.75, 3.05) is 24.5 Å². The van der Waals surface area contributed by atoms with E-state index in [1.807, 2.05) is 4.90 Å². The van der Waals surface area contributed by atoms with Crippen molar-refractivity contribution >= 4 is 17.4 Å². The van der Waals surface area contributed by atoms with Gasteiger partial charge in [0.1, 0.15) is 0 Å². The Morgan fingerprint density at radius 3 is 2.52 bits per heavy atom. The van der Waals surface area contributed by atoms with Gasteiger partial charge >= 0.3 is 0 Å². The van der Waals surface area contributed by atoms with Crippen molar-refractivity contribution in [1.82, 2.24) is 4.90 Å². The Morgan fingerprint density at radius 1 is 1.00 bits per heavy atom. The van der Waals surface area contributed by atoms with E-state index in [4.69, 9.17) is 0 Å². The highest BCUT2D eigenvalue weighted by Crippen LogP contribution is 2.38. The topological polar surface area (TPSA) is 40.6 Å². The molecule has 0 aliphatic carbocycles. The molecule has 0 aromatic heterocycles. The first-order chi connectivity index (χ1) is 15.1. The molecule has 2 aromatic carbocycles. The zero-order valence-corrected chi connectivity index (χ0v) is 18.5. The molecular formula is C27H32N2O2. The Morgan fingerprint density at radius 2 is 1.74 bits per heavy atom. The van der Waals surface area contributed by atoms with Crippen LogP contribution in [0.4, 0.5) is 5.69 Å². The number of amides is 1. The fraction of sp³-hybridized carbons (Fsp3) is 0.481. The van der Waals surface area contributed by atoms with E-state index in [9.17, 15) is 9.59 Å². The lowest BCUT2D eigenvalue weighted by Gasteiger charge is -2.32. The van der Waals surface area contributed by atoms with Gasteiger partial charge in [-0.3, -0.25) is 14.5 Å². The van der Waals surface area contributed by atoms with E-state index in [1.165, 1.54) is 35.1 Å². The van der Waals surface area contributed by atoms with E-state index in [0.717, 1.165) is 56.7 Å². The summed E-state index contributed by atoms with van der Waals surface area (Å²) in [6.45, 7) is 6.26. The van der Waals surface area contributed by atoms with Gasteiger partial charge in [-0.15, -0.1) is 0 Å². The minimum Gasteiger partial charge on any atom is -0.312 e. The summed E-state index contributed by atoms with van der Waals surface area (Å²) in [5.74, 6) is 1.16. The SMILES string of the molecule is Cc1ccccc1CN1CCC(CCC(=O)c2cc3c4c(c2)CCN4C(=O)CC3)CC1. The van der Waals surface area contributed by atoms with Crippen molar-refractivity contribution in [1.29, 1.82) is 0 Å². The smallest absolute Gasteiger partial charge is 0.227 e. The van der Waals surface area contributed by atoms with Gasteiger partial charge < -0.3 is 4.90 Å². The molecule has 1 amide bonds. The highest BCUT2D eigenvalue weighted by Gasteiger charge is 2.32. The van der Waals surface area contributed by atoms with Crippen LogP contribution < -0.4 is 4.90 Å². The fourth-order valence-electron chi connectivity index (χ4n) is 5.56. The van der Waals surface area contributed by atoms with Crippen LogP contribution in [0.1, 0.15) is 64.7 Å².